The molecule has 21 heavy (non-hydrogen) atoms. The van der Waals surface area contributed by atoms with E-state index in [9.17, 15) is 0 Å². The van der Waals surface area contributed by atoms with E-state index in [1.165, 1.54) is 10.9 Å². The van der Waals surface area contributed by atoms with Gasteiger partial charge in [-0.2, -0.15) is 0 Å². The first-order valence-electron chi connectivity index (χ1n) is 7.16. The second-order valence-electron chi connectivity index (χ2n) is 5.36. The maximum Gasteiger partial charge on any atom is 0.147 e. The fraction of sp³-hybridized carbons (Fsp3) is 0.312. The van der Waals surface area contributed by atoms with Crippen molar-refractivity contribution < 1.29 is 0 Å². The zero-order valence-corrected chi connectivity index (χ0v) is 12.3. The Hall–Kier alpha value is -2.27. The van der Waals surface area contributed by atoms with Crippen LogP contribution in [0.15, 0.2) is 43.0 Å². The Labute approximate surface area is 124 Å². The van der Waals surface area contributed by atoms with E-state index < -0.39 is 0 Å². The van der Waals surface area contributed by atoms with Gasteiger partial charge in [0, 0.05) is 42.8 Å². The molecule has 0 aromatic carbocycles. The fourth-order valence-corrected chi connectivity index (χ4v) is 2.33. The fourth-order valence-electron chi connectivity index (χ4n) is 2.33. The first-order valence-corrected chi connectivity index (χ1v) is 7.16. The number of hydrogen-bond acceptors (Lipinski definition) is 4. The summed E-state index contributed by atoms with van der Waals surface area (Å²) in [6, 6.07) is 6.37. The van der Waals surface area contributed by atoms with Gasteiger partial charge in [-0.15, -0.1) is 0 Å². The van der Waals surface area contributed by atoms with E-state index in [1.54, 1.807) is 12.4 Å². The zero-order valence-electron chi connectivity index (χ0n) is 12.3. The molecule has 0 atom stereocenters. The van der Waals surface area contributed by atoms with Crippen LogP contribution >= 0.6 is 0 Å². The average molecular weight is 281 g/mol. The van der Waals surface area contributed by atoms with Gasteiger partial charge in [0.05, 0.1) is 6.54 Å². The van der Waals surface area contributed by atoms with Crippen molar-refractivity contribution in [3.05, 3.63) is 54.4 Å². The van der Waals surface area contributed by atoms with Gasteiger partial charge in [-0.3, -0.25) is 0 Å². The minimum atomic E-state index is 0.456. The lowest BCUT2D eigenvalue weighted by Gasteiger charge is -2.06. The molecular weight excluding hydrogens is 262 g/mol. The van der Waals surface area contributed by atoms with Crippen molar-refractivity contribution >= 4 is 11.0 Å². The molecule has 3 rings (SSSR count). The van der Waals surface area contributed by atoms with Crippen molar-refractivity contribution in [2.75, 3.05) is 0 Å². The van der Waals surface area contributed by atoms with Crippen LogP contribution in [0.4, 0.5) is 0 Å². The number of nitrogens with zero attached hydrogens (tertiary/aromatic N) is 4. The standard InChI is InChI=1S/C16H19N5/c1-12(2)20-9-13-10-21(11-15-17-7-4-8-18-15)16-14(13)5-3-6-19-16/h3-8,10,12,20H,9,11H2,1-2H3. The third-order valence-corrected chi connectivity index (χ3v) is 3.35. The molecule has 5 heteroatoms. The molecule has 0 aliphatic rings. The van der Waals surface area contributed by atoms with Gasteiger partial charge in [0.25, 0.3) is 0 Å². The summed E-state index contributed by atoms with van der Waals surface area (Å²) in [4.78, 5) is 13.1. The van der Waals surface area contributed by atoms with E-state index in [2.05, 4.69) is 50.9 Å². The monoisotopic (exact) mass is 281 g/mol. The van der Waals surface area contributed by atoms with Crippen molar-refractivity contribution in [3.8, 4) is 0 Å². The molecule has 3 aromatic rings. The third kappa shape index (κ3) is 3.08. The Balaban J connectivity index is 1.95. The molecule has 108 valence electrons. The van der Waals surface area contributed by atoms with Crippen LogP contribution in [0, 0.1) is 0 Å². The van der Waals surface area contributed by atoms with Gasteiger partial charge >= 0.3 is 0 Å². The van der Waals surface area contributed by atoms with Crippen LogP contribution in [0.2, 0.25) is 0 Å². The van der Waals surface area contributed by atoms with Crippen LogP contribution in [0.1, 0.15) is 25.2 Å². The van der Waals surface area contributed by atoms with Crippen LogP contribution in [-0.4, -0.2) is 25.6 Å². The van der Waals surface area contributed by atoms with Crippen LogP contribution in [0.25, 0.3) is 11.0 Å². The molecule has 5 nitrogen and oxygen atoms in total. The number of fused-ring (bicyclic) bond motifs is 1. The van der Waals surface area contributed by atoms with Gasteiger partial charge in [-0.25, -0.2) is 15.0 Å². The summed E-state index contributed by atoms with van der Waals surface area (Å²) in [5, 5.41) is 4.64. The number of rotatable bonds is 5. The molecule has 0 saturated carbocycles. The van der Waals surface area contributed by atoms with Gasteiger partial charge in [-0.1, -0.05) is 13.8 Å². The van der Waals surface area contributed by atoms with Gasteiger partial charge in [-0.05, 0) is 23.8 Å². The van der Waals surface area contributed by atoms with Crippen molar-refractivity contribution in [3.63, 3.8) is 0 Å². The molecule has 0 fully saturated rings. The topological polar surface area (TPSA) is 55.6 Å². The molecule has 0 unspecified atom stereocenters. The molecule has 0 spiro atoms. The second kappa shape index (κ2) is 6.01. The van der Waals surface area contributed by atoms with Crippen LogP contribution in [-0.2, 0) is 13.1 Å². The molecule has 0 amide bonds. The van der Waals surface area contributed by atoms with Gasteiger partial charge in [0.1, 0.15) is 11.5 Å². The molecular formula is C16H19N5. The van der Waals surface area contributed by atoms with Crippen molar-refractivity contribution in [1.82, 2.24) is 24.8 Å². The van der Waals surface area contributed by atoms with Crippen molar-refractivity contribution in [2.24, 2.45) is 0 Å². The van der Waals surface area contributed by atoms with Gasteiger partial charge < -0.3 is 9.88 Å². The Morgan fingerprint density at radius 3 is 2.62 bits per heavy atom. The zero-order chi connectivity index (χ0) is 14.7. The lowest BCUT2D eigenvalue weighted by atomic mass is 10.2. The Morgan fingerprint density at radius 1 is 1.10 bits per heavy atom. The molecule has 0 radical (unpaired) electrons. The van der Waals surface area contributed by atoms with Gasteiger partial charge in [0.15, 0.2) is 0 Å². The third-order valence-electron chi connectivity index (χ3n) is 3.35. The molecule has 0 bridgehead atoms. The first-order chi connectivity index (χ1) is 10.2. The molecule has 1 N–H and O–H groups in total. The Kier molecular flexibility index (Phi) is 3.92. The average Bonchev–Trinajstić information content (AvgIpc) is 2.85. The van der Waals surface area contributed by atoms with E-state index >= 15 is 0 Å². The molecule has 0 saturated heterocycles. The highest BCUT2D eigenvalue weighted by Crippen LogP contribution is 2.20. The Morgan fingerprint density at radius 2 is 1.86 bits per heavy atom. The van der Waals surface area contributed by atoms with Crippen molar-refractivity contribution in [1.29, 1.82) is 0 Å². The number of nitrogens with one attached hydrogen (secondary N) is 1. The second-order valence-corrected chi connectivity index (χ2v) is 5.36. The Bertz CT molecular complexity index is 718. The van der Waals surface area contributed by atoms with E-state index in [0.717, 1.165) is 18.0 Å². The quantitative estimate of drug-likeness (QED) is 0.780. The van der Waals surface area contributed by atoms with Crippen LogP contribution < -0.4 is 5.32 Å². The van der Waals surface area contributed by atoms with Crippen LogP contribution in [0.5, 0.6) is 0 Å². The number of hydrogen-bond donors (Lipinski definition) is 1. The maximum absolute atomic E-state index is 4.50. The summed E-state index contributed by atoms with van der Waals surface area (Å²) >= 11 is 0. The highest BCUT2D eigenvalue weighted by atomic mass is 15.1. The summed E-state index contributed by atoms with van der Waals surface area (Å²) in [6.45, 7) is 5.77. The lowest BCUT2D eigenvalue weighted by Crippen LogP contribution is -2.21. The molecule has 0 aliphatic heterocycles. The van der Waals surface area contributed by atoms with E-state index in [1.807, 2.05) is 18.3 Å². The highest BCUT2D eigenvalue weighted by molar-refractivity contribution is 5.80. The van der Waals surface area contributed by atoms with E-state index in [0.29, 0.717) is 12.6 Å². The smallest absolute Gasteiger partial charge is 0.147 e. The largest absolute Gasteiger partial charge is 0.325 e. The summed E-state index contributed by atoms with van der Waals surface area (Å²) < 4.78 is 2.11. The van der Waals surface area contributed by atoms with Gasteiger partial charge in [0.2, 0.25) is 0 Å². The molecule has 3 aromatic heterocycles. The minimum absolute atomic E-state index is 0.456. The summed E-state index contributed by atoms with van der Waals surface area (Å²) in [7, 11) is 0. The van der Waals surface area contributed by atoms with Crippen LogP contribution in [0.3, 0.4) is 0 Å². The summed E-state index contributed by atoms with van der Waals surface area (Å²) in [5.41, 5.74) is 2.23. The van der Waals surface area contributed by atoms with Crippen molar-refractivity contribution in [2.45, 2.75) is 33.0 Å². The minimum Gasteiger partial charge on any atom is -0.325 e. The summed E-state index contributed by atoms with van der Waals surface area (Å²) in [5.74, 6) is 0.795. The predicted octanol–water partition coefficient (Wildman–Crippen LogP) is 2.37. The van der Waals surface area contributed by atoms with E-state index in [4.69, 9.17) is 0 Å². The lowest BCUT2D eigenvalue weighted by molar-refractivity contribution is 0.589. The maximum atomic E-state index is 4.50. The summed E-state index contributed by atoms with van der Waals surface area (Å²) in [6.07, 6.45) is 7.50. The highest BCUT2D eigenvalue weighted by Gasteiger charge is 2.10. The first kappa shape index (κ1) is 13.7. The number of aromatic nitrogens is 4. The SMILES string of the molecule is CC(C)NCc1cn(Cc2ncccn2)c2ncccc12. The molecule has 0 aliphatic carbocycles. The normalized spacial score (nSPS) is 11.4. The predicted molar refractivity (Wildman–Crippen MR) is 82.8 cm³/mol. The number of pyridine rings is 1. The molecule has 3 heterocycles. The van der Waals surface area contributed by atoms with E-state index in [-0.39, 0.29) is 0 Å².